The number of rotatable bonds is 3. The fourth-order valence-corrected chi connectivity index (χ4v) is 2.65. The number of fused-ring (bicyclic) bond motifs is 1. The summed E-state index contributed by atoms with van der Waals surface area (Å²) in [6.45, 7) is 1.81. The van der Waals surface area contributed by atoms with Gasteiger partial charge in [0.15, 0.2) is 0 Å². The van der Waals surface area contributed by atoms with Crippen LogP contribution in [0.4, 0.5) is 5.82 Å². The molecule has 0 atom stereocenters. The Bertz CT molecular complexity index is 1080. The maximum absolute atomic E-state index is 12.7. The van der Waals surface area contributed by atoms with E-state index in [1.807, 2.05) is 0 Å². The summed E-state index contributed by atoms with van der Waals surface area (Å²) in [7, 11) is 1.34. The van der Waals surface area contributed by atoms with Crippen molar-refractivity contribution >= 4 is 22.8 Å². The fourth-order valence-electron chi connectivity index (χ4n) is 2.65. The highest BCUT2D eigenvalue weighted by atomic mass is 16.5. The summed E-state index contributed by atoms with van der Waals surface area (Å²) in [5.41, 5.74) is 5.67. The number of pyridine rings is 1. The summed E-state index contributed by atoms with van der Waals surface area (Å²) < 4.78 is 5.99. The molecular formula is C17H16N4O4. The molecule has 0 saturated carbocycles. The number of anilines is 1. The van der Waals surface area contributed by atoms with Crippen molar-refractivity contribution in [1.29, 1.82) is 0 Å². The number of hydrogen-bond donors (Lipinski definition) is 2. The molecule has 128 valence electrons. The molecule has 0 saturated heterocycles. The molecule has 0 aliphatic heterocycles. The van der Waals surface area contributed by atoms with Crippen LogP contribution in [0.5, 0.6) is 0 Å². The number of nitrogens with zero attached hydrogens (tertiary/aromatic N) is 2. The van der Waals surface area contributed by atoms with E-state index in [4.69, 9.17) is 10.5 Å². The largest absolute Gasteiger partial charge is 0.462 e. The minimum atomic E-state index is -0.679. The zero-order valence-electron chi connectivity index (χ0n) is 13.7. The smallest absolute Gasteiger partial charge is 0.342 e. The highest BCUT2D eigenvalue weighted by Gasteiger charge is 2.24. The van der Waals surface area contributed by atoms with Gasteiger partial charge in [0.1, 0.15) is 17.0 Å². The number of carbonyl (C=O) groups is 1. The summed E-state index contributed by atoms with van der Waals surface area (Å²) in [5, 5.41) is 0.102. The molecule has 0 bridgehead atoms. The SMILES string of the molecule is CCOC(=O)c1c(N)nc2[nH]c(=O)n(C)c(=O)c2c1-c1ccccc1. The number of carbonyl (C=O) groups excluding carboxylic acids is 1. The van der Waals surface area contributed by atoms with Gasteiger partial charge in [0.05, 0.1) is 12.0 Å². The Labute approximate surface area is 141 Å². The zero-order valence-corrected chi connectivity index (χ0v) is 13.7. The van der Waals surface area contributed by atoms with Gasteiger partial charge in [-0.25, -0.2) is 14.6 Å². The predicted molar refractivity (Wildman–Crippen MR) is 93.4 cm³/mol. The first-order valence-corrected chi connectivity index (χ1v) is 7.60. The molecule has 2 aromatic heterocycles. The Hall–Kier alpha value is -3.42. The number of aromatic nitrogens is 3. The molecule has 0 spiro atoms. The molecule has 0 aliphatic carbocycles. The van der Waals surface area contributed by atoms with E-state index in [0.29, 0.717) is 11.1 Å². The standard InChI is InChI=1S/C17H16N4O4/c1-3-25-16(23)11-10(9-7-5-4-6-8-9)12-14(19-13(11)18)20-17(24)21(2)15(12)22/h4-8H,3H2,1-2H3,(H3,18,19,20,24). The van der Waals surface area contributed by atoms with E-state index in [2.05, 4.69) is 9.97 Å². The highest BCUT2D eigenvalue weighted by Crippen LogP contribution is 2.32. The summed E-state index contributed by atoms with van der Waals surface area (Å²) in [6.07, 6.45) is 0. The van der Waals surface area contributed by atoms with Gasteiger partial charge in [-0.15, -0.1) is 0 Å². The quantitative estimate of drug-likeness (QED) is 0.688. The number of nitrogens with two attached hydrogens (primary N) is 1. The number of nitrogens with one attached hydrogen (secondary N) is 1. The Morgan fingerprint density at radius 3 is 2.60 bits per heavy atom. The average molecular weight is 340 g/mol. The first-order valence-electron chi connectivity index (χ1n) is 7.60. The first-order chi connectivity index (χ1) is 12.0. The number of ether oxygens (including phenoxy) is 1. The van der Waals surface area contributed by atoms with Crippen molar-refractivity contribution in [2.45, 2.75) is 6.92 Å². The van der Waals surface area contributed by atoms with Crippen molar-refractivity contribution in [1.82, 2.24) is 14.5 Å². The van der Waals surface area contributed by atoms with Crippen molar-refractivity contribution in [3.8, 4) is 11.1 Å². The lowest BCUT2D eigenvalue weighted by Gasteiger charge is -2.14. The Morgan fingerprint density at radius 2 is 1.96 bits per heavy atom. The monoisotopic (exact) mass is 340 g/mol. The topological polar surface area (TPSA) is 120 Å². The third kappa shape index (κ3) is 2.67. The summed E-state index contributed by atoms with van der Waals surface area (Å²) >= 11 is 0. The van der Waals surface area contributed by atoms with Gasteiger partial charge in [-0.2, -0.15) is 0 Å². The molecule has 3 N–H and O–H groups in total. The van der Waals surface area contributed by atoms with Gasteiger partial charge >= 0.3 is 11.7 Å². The van der Waals surface area contributed by atoms with Gasteiger partial charge in [-0.05, 0) is 12.5 Å². The van der Waals surface area contributed by atoms with Crippen LogP contribution in [0.1, 0.15) is 17.3 Å². The molecule has 1 aromatic carbocycles. The Kier molecular flexibility index (Phi) is 4.10. The first kappa shape index (κ1) is 16.4. The van der Waals surface area contributed by atoms with Crippen LogP contribution in [0.2, 0.25) is 0 Å². The van der Waals surface area contributed by atoms with E-state index < -0.39 is 17.2 Å². The second-order valence-electron chi connectivity index (χ2n) is 5.35. The van der Waals surface area contributed by atoms with Crippen LogP contribution >= 0.6 is 0 Å². The Balaban J connectivity index is 2.55. The zero-order chi connectivity index (χ0) is 18.1. The fraction of sp³-hybridized carbons (Fsp3) is 0.176. The maximum Gasteiger partial charge on any atom is 0.342 e. The lowest BCUT2D eigenvalue weighted by atomic mass is 9.97. The molecule has 3 aromatic rings. The molecule has 3 rings (SSSR count). The van der Waals surface area contributed by atoms with Crippen LogP contribution in [-0.2, 0) is 11.8 Å². The molecule has 8 heteroatoms. The molecule has 8 nitrogen and oxygen atoms in total. The van der Waals surface area contributed by atoms with Crippen LogP contribution in [0, 0.1) is 0 Å². The molecule has 0 unspecified atom stereocenters. The Morgan fingerprint density at radius 1 is 1.28 bits per heavy atom. The molecule has 0 radical (unpaired) electrons. The number of hydrogen-bond acceptors (Lipinski definition) is 6. The van der Waals surface area contributed by atoms with Crippen LogP contribution < -0.4 is 17.0 Å². The van der Waals surface area contributed by atoms with Gasteiger partial charge in [0, 0.05) is 12.6 Å². The van der Waals surface area contributed by atoms with Gasteiger partial charge in [0.2, 0.25) is 0 Å². The third-order valence-electron chi connectivity index (χ3n) is 3.82. The van der Waals surface area contributed by atoms with E-state index in [9.17, 15) is 14.4 Å². The van der Waals surface area contributed by atoms with Crippen molar-refractivity contribution in [2.24, 2.45) is 7.05 Å². The van der Waals surface area contributed by atoms with E-state index >= 15 is 0 Å². The number of H-pyrrole nitrogens is 1. The van der Waals surface area contributed by atoms with E-state index in [1.54, 1.807) is 37.3 Å². The second kappa shape index (κ2) is 6.23. The summed E-state index contributed by atoms with van der Waals surface area (Å²) in [6, 6.07) is 8.81. The minimum absolute atomic E-state index is 0.00435. The van der Waals surface area contributed by atoms with Gasteiger partial charge in [-0.3, -0.25) is 14.3 Å². The van der Waals surface area contributed by atoms with Crippen molar-refractivity contribution in [2.75, 3.05) is 12.3 Å². The molecule has 2 heterocycles. The van der Waals surface area contributed by atoms with E-state index in [-0.39, 0.29) is 29.0 Å². The second-order valence-corrected chi connectivity index (χ2v) is 5.35. The predicted octanol–water partition coefficient (Wildman–Crippen LogP) is 1.05. The molecule has 25 heavy (non-hydrogen) atoms. The lowest BCUT2D eigenvalue weighted by molar-refractivity contribution is 0.0528. The normalized spacial score (nSPS) is 10.8. The van der Waals surface area contributed by atoms with Crippen LogP contribution in [0.3, 0.4) is 0 Å². The van der Waals surface area contributed by atoms with Crippen LogP contribution in [-0.4, -0.2) is 27.1 Å². The molecule has 0 fully saturated rings. The molecule has 0 aliphatic rings. The van der Waals surface area contributed by atoms with Crippen molar-refractivity contribution in [3.63, 3.8) is 0 Å². The molecule has 0 amide bonds. The van der Waals surface area contributed by atoms with Gasteiger partial charge in [-0.1, -0.05) is 30.3 Å². The van der Waals surface area contributed by atoms with Gasteiger partial charge < -0.3 is 10.5 Å². The highest BCUT2D eigenvalue weighted by molar-refractivity contribution is 6.09. The number of aromatic amines is 1. The number of benzene rings is 1. The van der Waals surface area contributed by atoms with Crippen LogP contribution in [0.25, 0.3) is 22.2 Å². The summed E-state index contributed by atoms with van der Waals surface area (Å²) in [5.74, 6) is -0.796. The van der Waals surface area contributed by atoms with E-state index in [1.165, 1.54) is 7.05 Å². The maximum atomic E-state index is 12.7. The minimum Gasteiger partial charge on any atom is -0.462 e. The lowest BCUT2D eigenvalue weighted by Crippen LogP contribution is -2.33. The average Bonchev–Trinajstić information content (AvgIpc) is 2.59. The number of esters is 1. The third-order valence-corrected chi connectivity index (χ3v) is 3.82. The van der Waals surface area contributed by atoms with Gasteiger partial charge in [0.25, 0.3) is 5.56 Å². The summed E-state index contributed by atoms with van der Waals surface area (Å²) in [4.78, 5) is 43.6. The van der Waals surface area contributed by atoms with E-state index in [0.717, 1.165) is 4.57 Å². The van der Waals surface area contributed by atoms with Crippen molar-refractivity contribution in [3.05, 3.63) is 56.7 Å². The molecular weight excluding hydrogens is 324 g/mol. The van der Waals surface area contributed by atoms with Crippen LogP contribution in [0.15, 0.2) is 39.9 Å². The van der Waals surface area contributed by atoms with Crippen molar-refractivity contribution < 1.29 is 9.53 Å². The number of nitrogen functional groups attached to an aromatic ring is 1.